The van der Waals surface area contributed by atoms with Gasteiger partial charge in [-0.15, -0.1) is 0 Å². The van der Waals surface area contributed by atoms with Gasteiger partial charge < -0.3 is 10.2 Å². The second-order valence-corrected chi connectivity index (χ2v) is 6.56. The Bertz CT molecular complexity index is 225. The molecule has 1 unspecified atom stereocenters. The van der Waals surface area contributed by atoms with Gasteiger partial charge in [0.05, 0.1) is 0 Å². The van der Waals surface area contributed by atoms with Gasteiger partial charge in [0.25, 0.3) is 0 Å². The summed E-state index contributed by atoms with van der Waals surface area (Å²) in [4.78, 5) is 10.8. The monoisotopic (exact) mass is 250 g/mol. The molecular weight excluding hydrogens is 242 g/mol. The van der Waals surface area contributed by atoms with Gasteiger partial charge in [-0.05, 0) is 29.4 Å². The number of ketones is 1. The van der Waals surface area contributed by atoms with Crippen LogP contribution in [0.15, 0.2) is 0 Å². The van der Waals surface area contributed by atoms with E-state index in [9.17, 15) is 9.36 Å². The summed E-state index contributed by atoms with van der Waals surface area (Å²) in [5.74, 6) is -0.533. The molecule has 0 aliphatic rings. The van der Waals surface area contributed by atoms with Gasteiger partial charge in [0, 0.05) is 6.42 Å². The molecule has 0 aliphatic carbocycles. The van der Waals surface area contributed by atoms with Crippen molar-refractivity contribution in [3.63, 3.8) is 0 Å². The Morgan fingerprint density at radius 2 is 2.00 bits per heavy atom. The van der Waals surface area contributed by atoms with Crippen LogP contribution in [0.2, 0.25) is 0 Å². The van der Waals surface area contributed by atoms with Gasteiger partial charge in [-0.1, -0.05) is 0 Å². The van der Waals surface area contributed by atoms with Gasteiger partial charge in [-0.2, -0.15) is 0 Å². The van der Waals surface area contributed by atoms with Crippen molar-refractivity contribution in [3.05, 3.63) is 0 Å². The van der Waals surface area contributed by atoms with Crippen molar-refractivity contribution in [3.8, 4) is 0 Å². The van der Waals surface area contributed by atoms with Crippen LogP contribution in [0.5, 0.6) is 0 Å². The van der Waals surface area contributed by atoms with Gasteiger partial charge >= 0.3 is 6.07 Å². The first-order valence-corrected chi connectivity index (χ1v) is 6.70. The van der Waals surface area contributed by atoms with E-state index in [0.29, 0.717) is 0 Å². The molecule has 0 aromatic carbocycles. The molecular formula is C5H9Cl2O5P. The Morgan fingerprint density at radius 1 is 1.54 bits per heavy atom. The highest BCUT2D eigenvalue weighted by Gasteiger charge is 2.27. The third kappa shape index (κ3) is 7.43. The molecule has 0 amide bonds. The first-order chi connectivity index (χ1) is 5.72. The SMILES string of the molecule is CC(=O)C(CC(O)O)OP(=O)(Cl)Cl. The molecule has 0 aliphatic heterocycles. The smallest absolute Gasteiger partial charge is 0.368 e. The predicted molar refractivity (Wildman–Crippen MR) is 47.7 cm³/mol. The normalized spacial score (nSPS) is 14.6. The molecule has 78 valence electrons. The summed E-state index contributed by atoms with van der Waals surface area (Å²) < 4.78 is 15.1. The quantitative estimate of drug-likeness (QED) is 0.567. The van der Waals surface area contributed by atoms with Gasteiger partial charge in [0.2, 0.25) is 0 Å². The van der Waals surface area contributed by atoms with Crippen LogP contribution in [0, 0.1) is 0 Å². The van der Waals surface area contributed by atoms with E-state index in [0.717, 1.165) is 6.92 Å². The Hall–Kier alpha value is 0.360. The van der Waals surface area contributed by atoms with Gasteiger partial charge in [-0.3, -0.25) is 13.9 Å². The molecule has 0 rings (SSSR count). The van der Waals surface area contributed by atoms with E-state index in [-0.39, 0.29) is 0 Å². The van der Waals surface area contributed by atoms with Crippen molar-refractivity contribution in [2.24, 2.45) is 0 Å². The minimum absolute atomic E-state index is 0.418. The summed E-state index contributed by atoms with van der Waals surface area (Å²) in [6.45, 7) is 1.14. The Kier molecular flexibility index (Phi) is 5.44. The molecule has 8 heteroatoms. The molecule has 5 nitrogen and oxygen atoms in total. The maximum Gasteiger partial charge on any atom is 0.380 e. The van der Waals surface area contributed by atoms with E-state index >= 15 is 0 Å². The summed E-state index contributed by atoms with van der Waals surface area (Å²) in [5, 5.41) is 17.0. The Morgan fingerprint density at radius 3 is 2.23 bits per heavy atom. The van der Waals surface area contributed by atoms with E-state index in [1.165, 1.54) is 0 Å². The summed E-state index contributed by atoms with van der Waals surface area (Å²) in [6, 6.07) is 0. The van der Waals surface area contributed by atoms with Gasteiger partial charge in [0.15, 0.2) is 12.1 Å². The van der Waals surface area contributed by atoms with Crippen LogP contribution in [-0.2, 0) is 13.9 Å². The number of aliphatic hydroxyl groups excluding tert-OH is 1. The third-order valence-electron chi connectivity index (χ3n) is 1.13. The number of hydrogen-bond acceptors (Lipinski definition) is 5. The molecule has 0 radical (unpaired) electrons. The van der Waals surface area contributed by atoms with Gasteiger partial charge in [0.1, 0.15) is 6.10 Å². The Balaban J connectivity index is 4.28. The number of hydrogen-bond donors (Lipinski definition) is 2. The molecule has 2 N–H and O–H groups in total. The van der Waals surface area contributed by atoms with Crippen molar-refractivity contribution in [2.75, 3.05) is 0 Å². The number of aliphatic hydroxyl groups is 2. The first-order valence-electron chi connectivity index (χ1n) is 3.26. The maximum absolute atomic E-state index is 10.8. The van der Waals surface area contributed by atoms with Crippen LogP contribution in [0.25, 0.3) is 0 Å². The number of carbonyl (C=O) groups excluding carboxylic acids is 1. The molecule has 0 heterocycles. The van der Waals surface area contributed by atoms with Crippen molar-refractivity contribution < 1.29 is 24.1 Å². The zero-order valence-electron chi connectivity index (χ0n) is 6.68. The molecule has 0 saturated carbocycles. The second kappa shape index (κ2) is 5.29. The first kappa shape index (κ1) is 13.4. The standard InChI is InChI=1S/C5H9Cl2O5P/c1-3(8)4(2-5(9)10)12-13(6,7)11/h4-5,9-10H,2H2,1H3. The number of carbonyl (C=O) groups is 1. The molecule has 0 saturated heterocycles. The average Bonchev–Trinajstić information content (AvgIpc) is 1.81. The van der Waals surface area contributed by atoms with E-state index < -0.39 is 30.7 Å². The van der Waals surface area contributed by atoms with Crippen LogP contribution in [0.3, 0.4) is 0 Å². The van der Waals surface area contributed by atoms with Crippen molar-refractivity contribution >= 4 is 34.3 Å². The minimum atomic E-state index is -3.83. The summed E-state index contributed by atoms with van der Waals surface area (Å²) in [7, 11) is 0. The highest BCUT2D eigenvalue weighted by molar-refractivity contribution is 8.05. The molecule has 0 spiro atoms. The van der Waals surface area contributed by atoms with Gasteiger partial charge in [-0.25, -0.2) is 0 Å². The third-order valence-corrected chi connectivity index (χ3v) is 2.11. The van der Waals surface area contributed by atoms with E-state index in [1.807, 2.05) is 0 Å². The molecule has 0 fully saturated rings. The van der Waals surface area contributed by atoms with E-state index in [2.05, 4.69) is 4.52 Å². The molecule has 0 aromatic heterocycles. The molecule has 13 heavy (non-hydrogen) atoms. The number of rotatable bonds is 5. The van der Waals surface area contributed by atoms with Crippen molar-refractivity contribution in [1.82, 2.24) is 0 Å². The number of Topliss-reactive ketones (excluding diaryl/α,β-unsaturated/α-hetero) is 1. The zero-order valence-corrected chi connectivity index (χ0v) is 9.09. The lowest BCUT2D eigenvalue weighted by atomic mass is 10.2. The topological polar surface area (TPSA) is 83.8 Å². The van der Waals surface area contributed by atoms with Crippen LogP contribution in [0.1, 0.15) is 13.3 Å². The van der Waals surface area contributed by atoms with Crippen LogP contribution in [-0.4, -0.2) is 28.4 Å². The van der Waals surface area contributed by atoms with Crippen LogP contribution < -0.4 is 0 Å². The fraction of sp³-hybridized carbons (Fsp3) is 0.800. The Labute approximate surface area is 84.6 Å². The number of halogens is 2. The molecule has 0 aromatic rings. The fourth-order valence-corrected chi connectivity index (χ4v) is 1.73. The zero-order chi connectivity index (χ0) is 10.6. The second-order valence-electron chi connectivity index (χ2n) is 2.34. The lowest BCUT2D eigenvalue weighted by Crippen LogP contribution is -2.25. The average molecular weight is 251 g/mol. The van der Waals surface area contributed by atoms with Crippen LogP contribution in [0.4, 0.5) is 0 Å². The summed E-state index contributed by atoms with van der Waals surface area (Å²) in [5.41, 5.74) is 0. The largest absolute Gasteiger partial charge is 0.380 e. The highest BCUT2D eigenvalue weighted by atomic mass is 35.9. The fourth-order valence-electron chi connectivity index (χ4n) is 0.623. The van der Waals surface area contributed by atoms with Crippen LogP contribution >= 0.6 is 28.6 Å². The minimum Gasteiger partial charge on any atom is -0.368 e. The predicted octanol–water partition coefficient (Wildman–Crippen LogP) is 1.25. The van der Waals surface area contributed by atoms with Crippen molar-refractivity contribution in [1.29, 1.82) is 0 Å². The van der Waals surface area contributed by atoms with Crippen molar-refractivity contribution in [2.45, 2.75) is 25.7 Å². The molecule has 0 bridgehead atoms. The lowest BCUT2D eigenvalue weighted by Gasteiger charge is -2.15. The maximum atomic E-state index is 10.8. The van der Waals surface area contributed by atoms with E-state index in [1.54, 1.807) is 0 Å². The highest BCUT2D eigenvalue weighted by Crippen LogP contribution is 2.58. The lowest BCUT2D eigenvalue weighted by molar-refractivity contribution is -0.129. The summed E-state index contributed by atoms with van der Waals surface area (Å²) >= 11 is 10.1. The summed E-state index contributed by atoms with van der Waals surface area (Å²) in [6.07, 6.45) is -7.25. The van der Waals surface area contributed by atoms with E-state index in [4.69, 9.17) is 32.7 Å². The molecule has 1 atom stereocenters.